The topological polar surface area (TPSA) is 187 Å². The number of hydrogen-bond donors (Lipinski definition) is 0. The number of benzene rings is 2. The Bertz CT molecular complexity index is 1410. The molecule has 0 bridgehead atoms. The van der Waals surface area contributed by atoms with E-state index in [2.05, 4.69) is 0 Å². The van der Waals surface area contributed by atoms with E-state index in [1.807, 2.05) is 0 Å². The number of carbonyl (C=O) groups is 3. The highest BCUT2D eigenvalue weighted by molar-refractivity contribution is 7.98. The third-order valence-corrected chi connectivity index (χ3v) is 6.67. The largest absolute Gasteiger partial charge is 0.354 e. The van der Waals surface area contributed by atoms with E-state index in [-0.39, 0.29) is 27.8 Å². The second-order valence-corrected chi connectivity index (χ2v) is 8.45. The summed E-state index contributed by atoms with van der Waals surface area (Å²) in [5.74, 6) is -2.13. The van der Waals surface area contributed by atoms with Gasteiger partial charge in [0.2, 0.25) is 0 Å². The lowest BCUT2D eigenvalue weighted by Crippen LogP contribution is -2.50. The zero-order valence-corrected chi connectivity index (χ0v) is 19.2. The maximum atomic E-state index is 13.3. The van der Waals surface area contributed by atoms with Crippen molar-refractivity contribution in [3.05, 3.63) is 77.4 Å². The first-order valence-corrected chi connectivity index (χ1v) is 11.7. The van der Waals surface area contributed by atoms with Crippen LogP contribution in [0, 0.1) is 30.3 Å². The molecule has 0 radical (unpaired) electrons. The van der Waals surface area contributed by atoms with Gasteiger partial charge in [0.1, 0.15) is 5.57 Å². The van der Waals surface area contributed by atoms with Crippen LogP contribution in [0.15, 0.2) is 35.9 Å². The van der Waals surface area contributed by atoms with Gasteiger partial charge in [-0.25, -0.2) is 4.79 Å². The first kappa shape index (κ1) is 23.8. The number of hydrogen-bond acceptors (Lipinski definition) is 11. The van der Waals surface area contributed by atoms with Crippen LogP contribution in [0.4, 0.5) is 21.9 Å². The quantitative estimate of drug-likeness (QED) is 0.158. The van der Waals surface area contributed by atoms with Gasteiger partial charge in [-0.1, -0.05) is 0 Å². The second-order valence-electron chi connectivity index (χ2n) is 6.99. The molecule has 2 aliphatic rings. The summed E-state index contributed by atoms with van der Waals surface area (Å²) in [4.78, 5) is 71.4. The Morgan fingerprint density at radius 3 is 1.71 bits per heavy atom. The molecule has 178 valence electrons. The zero-order chi connectivity index (χ0) is 25.8. The molecule has 4 amide bonds. The van der Waals surface area contributed by atoms with Crippen molar-refractivity contribution in [3.63, 3.8) is 0 Å². The molecule has 0 atom stereocenters. The molecule has 1 saturated heterocycles. The van der Waals surface area contributed by atoms with Gasteiger partial charge in [-0.2, -0.15) is 8.61 Å². The summed E-state index contributed by atoms with van der Waals surface area (Å²) in [5, 5.41) is 34.8. The van der Waals surface area contributed by atoms with Gasteiger partial charge < -0.3 is 0 Å². The van der Waals surface area contributed by atoms with Crippen LogP contribution in [-0.4, -0.2) is 53.7 Å². The number of nitro groups is 3. The van der Waals surface area contributed by atoms with Crippen LogP contribution in [-0.2, 0) is 9.59 Å². The summed E-state index contributed by atoms with van der Waals surface area (Å²) in [7, 11) is 0. The van der Waals surface area contributed by atoms with Gasteiger partial charge in [-0.15, -0.1) is 0 Å². The standard InChI is InChI=1S/C19H11N5O9S2/c1-34-20-17(25)16(18(26)21(35-2)19(20)27)15-11-5-8(22(28)29)3-4-10(11)14-12(15)6-9(23(30)31)7-13(14)24(32)33/h3-7H,1-2H3. The number of urea groups is 1. The van der Waals surface area contributed by atoms with Crippen LogP contribution >= 0.6 is 23.9 Å². The van der Waals surface area contributed by atoms with Crippen molar-refractivity contribution in [1.82, 2.24) is 8.61 Å². The minimum atomic E-state index is -1.06. The van der Waals surface area contributed by atoms with Gasteiger partial charge in [0.15, 0.2) is 0 Å². The van der Waals surface area contributed by atoms with Gasteiger partial charge in [0, 0.05) is 41.8 Å². The van der Waals surface area contributed by atoms with Crippen molar-refractivity contribution in [3.8, 4) is 11.1 Å². The number of fused-ring (bicyclic) bond motifs is 3. The Hall–Kier alpha value is -4.31. The maximum absolute atomic E-state index is 13.3. The fourth-order valence-corrected chi connectivity index (χ4v) is 4.95. The summed E-state index contributed by atoms with van der Waals surface area (Å²) in [5.41, 5.74) is -3.05. The molecule has 1 aliphatic heterocycles. The summed E-state index contributed by atoms with van der Waals surface area (Å²) >= 11 is 1.40. The summed E-state index contributed by atoms with van der Waals surface area (Å²) < 4.78 is 1.36. The highest BCUT2D eigenvalue weighted by atomic mass is 32.2. The van der Waals surface area contributed by atoms with E-state index in [4.69, 9.17) is 0 Å². The first-order valence-electron chi connectivity index (χ1n) is 9.35. The normalized spacial score (nSPS) is 14.9. The van der Waals surface area contributed by atoms with Crippen LogP contribution in [0.1, 0.15) is 11.1 Å². The predicted molar refractivity (Wildman–Crippen MR) is 124 cm³/mol. The molecular formula is C19H11N5O9S2. The van der Waals surface area contributed by atoms with Crippen LogP contribution < -0.4 is 0 Å². The number of barbiturate groups is 1. The predicted octanol–water partition coefficient (Wildman–Crippen LogP) is 3.54. The fraction of sp³-hybridized carbons (Fsp3) is 0.105. The van der Waals surface area contributed by atoms with Crippen LogP contribution in [0.5, 0.6) is 0 Å². The van der Waals surface area contributed by atoms with E-state index in [1.54, 1.807) is 0 Å². The molecule has 35 heavy (non-hydrogen) atoms. The van der Waals surface area contributed by atoms with Gasteiger partial charge in [0.05, 0.1) is 26.4 Å². The van der Waals surface area contributed by atoms with Gasteiger partial charge >= 0.3 is 6.03 Å². The minimum absolute atomic E-state index is 0.0681. The lowest BCUT2D eigenvalue weighted by Gasteiger charge is -2.31. The van der Waals surface area contributed by atoms with Gasteiger partial charge in [0.25, 0.3) is 28.9 Å². The monoisotopic (exact) mass is 517 g/mol. The maximum Gasteiger partial charge on any atom is 0.354 e. The molecule has 4 rings (SSSR count). The molecule has 2 aromatic rings. The Morgan fingerprint density at radius 1 is 0.686 bits per heavy atom. The molecule has 2 aromatic carbocycles. The smallest absolute Gasteiger partial charge is 0.267 e. The van der Waals surface area contributed by atoms with E-state index in [0.29, 0.717) is 32.5 Å². The highest BCUT2D eigenvalue weighted by Gasteiger charge is 2.47. The fourth-order valence-electron chi connectivity index (χ4n) is 3.91. The van der Waals surface area contributed by atoms with E-state index in [0.717, 1.165) is 24.3 Å². The van der Waals surface area contributed by atoms with E-state index < -0.39 is 55.3 Å². The SMILES string of the molecule is CSN1C(=O)C(=C2c3cc([N+](=O)[O-])ccc3-c3c2cc([N+](=O)[O-])cc3[N+](=O)[O-])C(=O)N(SC)C1=O. The Labute approximate surface area is 203 Å². The number of non-ortho nitro benzene ring substituents is 2. The molecule has 0 aromatic heterocycles. The average molecular weight is 517 g/mol. The molecule has 1 heterocycles. The minimum Gasteiger partial charge on any atom is -0.267 e. The molecule has 14 nitrogen and oxygen atoms in total. The van der Waals surface area contributed by atoms with Crippen molar-refractivity contribution in [2.75, 3.05) is 12.5 Å². The molecule has 16 heteroatoms. The van der Waals surface area contributed by atoms with Crippen LogP contribution in [0.2, 0.25) is 0 Å². The van der Waals surface area contributed by atoms with Crippen LogP contribution in [0.25, 0.3) is 16.7 Å². The number of carbonyl (C=O) groups excluding carboxylic acids is 3. The molecular weight excluding hydrogens is 506 g/mol. The van der Waals surface area contributed by atoms with Crippen molar-refractivity contribution in [2.24, 2.45) is 0 Å². The Balaban J connectivity index is 2.20. The number of amides is 4. The lowest BCUT2D eigenvalue weighted by atomic mass is 9.95. The van der Waals surface area contributed by atoms with Gasteiger partial charge in [-0.3, -0.25) is 39.9 Å². The third-order valence-electron chi connectivity index (χ3n) is 5.29. The lowest BCUT2D eigenvalue weighted by molar-refractivity contribution is -0.393. The van der Waals surface area contributed by atoms with E-state index in [9.17, 15) is 44.7 Å². The molecule has 0 N–H and O–H groups in total. The van der Waals surface area contributed by atoms with Crippen molar-refractivity contribution < 1.29 is 29.2 Å². The number of nitro benzene ring substituents is 3. The number of imide groups is 2. The van der Waals surface area contributed by atoms with Crippen LogP contribution in [0.3, 0.4) is 0 Å². The summed E-state index contributed by atoms with van der Waals surface area (Å²) in [6.45, 7) is 0. The van der Waals surface area contributed by atoms with Gasteiger partial charge in [-0.05, 0) is 41.1 Å². The van der Waals surface area contributed by atoms with Crippen molar-refractivity contribution >= 4 is 64.4 Å². The molecule has 1 fully saturated rings. The average Bonchev–Trinajstić information content (AvgIpc) is 3.12. The molecule has 0 unspecified atom stereocenters. The van der Waals surface area contributed by atoms with Crippen molar-refractivity contribution in [1.29, 1.82) is 0 Å². The van der Waals surface area contributed by atoms with Crippen molar-refractivity contribution in [2.45, 2.75) is 0 Å². The summed E-state index contributed by atoms with van der Waals surface area (Å²) in [6.07, 6.45) is 2.81. The highest BCUT2D eigenvalue weighted by Crippen LogP contribution is 2.52. The second kappa shape index (κ2) is 8.48. The molecule has 1 aliphatic carbocycles. The number of rotatable bonds is 5. The van der Waals surface area contributed by atoms with E-state index >= 15 is 0 Å². The Kier molecular flexibility index (Phi) is 5.77. The van der Waals surface area contributed by atoms with E-state index in [1.165, 1.54) is 18.6 Å². The first-order chi connectivity index (χ1) is 16.5. The zero-order valence-electron chi connectivity index (χ0n) is 17.6. The molecule has 0 spiro atoms. The summed E-state index contributed by atoms with van der Waals surface area (Å²) in [6, 6.07) is 4.07. The number of nitrogens with zero attached hydrogens (tertiary/aromatic N) is 5. The third kappa shape index (κ3) is 3.50. The Morgan fingerprint density at radius 2 is 1.23 bits per heavy atom. The molecule has 0 saturated carbocycles.